The molecule has 1 amide bonds. The SMILES string of the molecule is CC[C@H](Oc1ccc(C)c(C)c1)C(=O)N[C@H](C)c1ccc(F)cc1. The van der Waals surface area contributed by atoms with Crippen LogP contribution in [0, 0.1) is 19.7 Å². The molecule has 0 bridgehead atoms. The smallest absolute Gasteiger partial charge is 0.261 e. The Morgan fingerprint density at radius 2 is 1.79 bits per heavy atom. The van der Waals surface area contributed by atoms with Gasteiger partial charge >= 0.3 is 0 Å². The Bertz CT molecular complexity index is 697. The molecular formula is C20H24FNO2. The highest BCUT2D eigenvalue weighted by Crippen LogP contribution is 2.19. The molecule has 0 saturated carbocycles. The fraction of sp³-hybridized carbons (Fsp3) is 0.350. The van der Waals surface area contributed by atoms with E-state index in [0.29, 0.717) is 12.2 Å². The fourth-order valence-corrected chi connectivity index (χ4v) is 2.41. The molecule has 0 fully saturated rings. The molecule has 0 radical (unpaired) electrons. The van der Waals surface area contributed by atoms with Crippen LogP contribution in [0.5, 0.6) is 5.75 Å². The third-order valence-electron chi connectivity index (χ3n) is 4.15. The van der Waals surface area contributed by atoms with Gasteiger partial charge in [-0.05, 0) is 68.1 Å². The van der Waals surface area contributed by atoms with Gasteiger partial charge in [0.05, 0.1) is 6.04 Å². The van der Waals surface area contributed by atoms with E-state index in [-0.39, 0.29) is 17.8 Å². The number of hydrogen-bond donors (Lipinski definition) is 1. The summed E-state index contributed by atoms with van der Waals surface area (Å²) in [7, 11) is 0. The maximum Gasteiger partial charge on any atom is 0.261 e. The first-order chi connectivity index (χ1) is 11.4. The highest BCUT2D eigenvalue weighted by molar-refractivity contribution is 5.81. The predicted molar refractivity (Wildman–Crippen MR) is 93.6 cm³/mol. The van der Waals surface area contributed by atoms with Gasteiger partial charge in [-0.25, -0.2) is 4.39 Å². The molecule has 0 aromatic heterocycles. The Kier molecular flexibility index (Phi) is 5.96. The van der Waals surface area contributed by atoms with Gasteiger partial charge in [0.1, 0.15) is 11.6 Å². The summed E-state index contributed by atoms with van der Waals surface area (Å²) >= 11 is 0. The van der Waals surface area contributed by atoms with Crippen molar-refractivity contribution in [2.75, 3.05) is 0 Å². The van der Waals surface area contributed by atoms with E-state index in [9.17, 15) is 9.18 Å². The molecule has 0 aliphatic carbocycles. The van der Waals surface area contributed by atoms with Gasteiger partial charge in [-0.3, -0.25) is 4.79 Å². The van der Waals surface area contributed by atoms with Crippen LogP contribution in [0.25, 0.3) is 0 Å². The molecule has 0 aliphatic heterocycles. The molecule has 0 aliphatic rings. The van der Waals surface area contributed by atoms with Gasteiger partial charge in [0.2, 0.25) is 0 Å². The molecule has 0 unspecified atom stereocenters. The van der Waals surface area contributed by atoms with E-state index in [1.807, 2.05) is 45.9 Å². The number of carbonyl (C=O) groups is 1. The summed E-state index contributed by atoms with van der Waals surface area (Å²) < 4.78 is 18.8. The Morgan fingerprint density at radius 1 is 1.12 bits per heavy atom. The van der Waals surface area contributed by atoms with E-state index in [0.717, 1.165) is 11.1 Å². The topological polar surface area (TPSA) is 38.3 Å². The monoisotopic (exact) mass is 329 g/mol. The van der Waals surface area contributed by atoms with Gasteiger partial charge in [-0.2, -0.15) is 0 Å². The van der Waals surface area contributed by atoms with Crippen molar-refractivity contribution < 1.29 is 13.9 Å². The molecule has 0 saturated heterocycles. The number of aryl methyl sites for hydroxylation is 2. The third-order valence-corrected chi connectivity index (χ3v) is 4.15. The lowest BCUT2D eigenvalue weighted by molar-refractivity contribution is -0.128. The van der Waals surface area contributed by atoms with Gasteiger partial charge in [0.25, 0.3) is 5.91 Å². The van der Waals surface area contributed by atoms with Crippen LogP contribution < -0.4 is 10.1 Å². The van der Waals surface area contributed by atoms with E-state index in [2.05, 4.69) is 5.32 Å². The molecule has 4 heteroatoms. The lowest BCUT2D eigenvalue weighted by Gasteiger charge is -2.21. The van der Waals surface area contributed by atoms with Crippen molar-refractivity contribution in [3.05, 3.63) is 65.0 Å². The number of nitrogens with one attached hydrogen (secondary N) is 1. The van der Waals surface area contributed by atoms with E-state index in [1.54, 1.807) is 12.1 Å². The van der Waals surface area contributed by atoms with Crippen LogP contribution in [-0.2, 0) is 4.79 Å². The third kappa shape index (κ3) is 4.57. The van der Waals surface area contributed by atoms with E-state index < -0.39 is 6.10 Å². The van der Waals surface area contributed by atoms with Crippen LogP contribution in [0.3, 0.4) is 0 Å². The molecule has 0 spiro atoms. The molecular weight excluding hydrogens is 305 g/mol. The minimum Gasteiger partial charge on any atom is -0.481 e. The van der Waals surface area contributed by atoms with E-state index in [1.165, 1.54) is 17.7 Å². The molecule has 2 atom stereocenters. The van der Waals surface area contributed by atoms with Crippen molar-refractivity contribution in [2.45, 2.75) is 46.3 Å². The first-order valence-corrected chi connectivity index (χ1v) is 8.20. The molecule has 24 heavy (non-hydrogen) atoms. The first-order valence-electron chi connectivity index (χ1n) is 8.20. The zero-order valence-electron chi connectivity index (χ0n) is 14.6. The second-order valence-electron chi connectivity index (χ2n) is 6.04. The van der Waals surface area contributed by atoms with Crippen LogP contribution in [0.4, 0.5) is 4.39 Å². The minimum atomic E-state index is -0.560. The maximum atomic E-state index is 13.0. The van der Waals surface area contributed by atoms with Crippen LogP contribution in [-0.4, -0.2) is 12.0 Å². The fourth-order valence-electron chi connectivity index (χ4n) is 2.41. The molecule has 1 N–H and O–H groups in total. The molecule has 3 nitrogen and oxygen atoms in total. The zero-order valence-corrected chi connectivity index (χ0v) is 14.6. The highest BCUT2D eigenvalue weighted by atomic mass is 19.1. The second kappa shape index (κ2) is 7.95. The van der Waals surface area contributed by atoms with Gasteiger partial charge in [-0.1, -0.05) is 25.1 Å². The summed E-state index contributed by atoms with van der Waals surface area (Å²) in [5.74, 6) is 0.226. The van der Waals surface area contributed by atoms with Gasteiger partial charge in [0.15, 0.2) is 6.10 Å². The first kappa shape index (κ1) is 18.0. The number of carbonyl (C=O) groups excluding carboxylic acids is 1. The Morgan fingerprint density at radius 3 is 2.38 bits per heavy atom. The average molecular weight is 329 g/mol. The molecule has 2 rings (SSSR count). The van der Waals surface area contributed by atoms with Crippen LogP contribution in [0.2, 0.25) is 0 Å². The maximum absolute atomic E-state index is 13.0. The molecule has 2 aromatic carbocycles. The van der Waals surface area contributed by atoms with Crippen LogP contribution in [0.15, 0.2) is 42.5 Å². The molecule has 2 aromatic rings. The lowest BCUT2D eigenvalue weighted by atomic mass is 10.1. The Balaban J connectivity index is 2.02. The standard InChI is InChI=1S/C20H24FNO2/c1-5-19(24-18-11-6-13(2)14(3)12-18)20(23)22-15(4)16-7-9-17(21)10-8-16/h6-12,15,19H,5H2,1-4H3,(H,22,23)/t15-,19+/m1/s1. The summed E-state index contributed by atoms with van der Waals surface area (Å²) in [6.45, 7) is 7.83. The van der Waals surface area contributed by atoms with Crippen molar-refractivity contribution in [1.29, 1.82) is 0 Å². The van der Waals surface area contributed by atoms with Gasteiger partial charge < -0.3 is 10.1 Å². The number of halogens is 1. The zero-order chi connectivity index (χ0) is 17.7. The van der Waals surface area contributed by atoms with Crippen molar-refractivity contribution >= 4 is 5.91 Å². The van der Waals surface area contributed by atoms with Crippen LogP contribution in [0.1, 0.15) is 43.0 Å². The summed E-state index contributed by atoms with van der Waals surface area (Å²) in [6.07, 6.45) is 0.00420. The van der Waals surface area contributed by atoms with Crippen molar-refractivity contribution in [2.24, 2.45) is 0 Å². The van der Waals surface area contributed by atoms with E-state index >= 15 is 0 Å². The number of hydrogen-bond acceptors (Lipinski definition) is 2. The Labute approximate surface area is 142 Å². The summed E-state index contributed by atoms with van der Waals surface area (Å²) in [6, 6.07) is 11.7. The average Bonchev–Trinajstić information content (AvgIpc) is 2.56. The molecule has 128 valence electrons. The van der Waals surface area contributed by atoms with Gasteiger partial charge in [-0.15, -0.1) is 0 Å². The summed E-state index contributed by atoms with van der Waals surface area (Å²) in [5.41, 5.74) is 3.16. The number of rotatable bonds is 6. The number of ether oxygens (including phenoxy) is 1. The van der Waals surface area contributed by atoms with E-state index in [4.69, 9.17) is 4.74 Å². The van der Waals surface area contributed by atoms with Crippen molar-refractivity contribution in [3.8, 4) is 5.75 Å². The predicted octanol–water partition coefficient (Wildman–Crippen LogP) is 4.48. The summed E-state index contributed by atoms with van der Waals surface area (Å²) in [4.78, 5) is 12.5. The number of benzene rings is 2. The quantitative estimate of drug-likeness (QED) is 0.849. The highest BCUT2D eigenvalue weighted by Gasteiger charge is 2.20. The van der Waals surface area contributed by atoms with Crippen molar-refractivity contribution in [3.63, 3.8) is 0 Å². The van der Waals surface area contributed by atoms with Crippen LogP contribution >= 0.6 is 0 Å². The van der Waals surface area contributed by atoms with Crippen molar-refractivity contribution in [1.82, 2.24) is 5.32 Å². The molecule has 0 heterocycles. The largest absolute Gasteiger partial charge is 0.481 e. The second-order valence-corrected chi connectivity index (χ2v) is 6.04. The number of amides is 1. The Hall–Kier alpha value is -2.36. The van der Waals surface area contributed by atoms with Gasteiger partial charge in [0, 0.05) is 0 Å². The summed E-state index contributed by atoms with van der Waals surface area (Å²) in [5, 5.41) is 2.93. The normalized spacial score (nSPS) is 13.2. The lowest BCUT2D eigenvalue weighted by Crippen LogP contribution is -2.39. The minimum absolute atomic E-state index is 0.174.